The Morgan fingerprint density at radius 2 is 1.96 bits per heavy atom. The number of thiophene rings is 1. The van der Waals surface area contributed by atoms with Crippen molar-refractivity contribution in [3.8, 4) is 16.9 Å². The number of nitrogens with one attached hydrogen (secondary N) is 2. The highest BCUT2D eigenvalue weighted by atomic mass is 79.9. The van der Waals surface area contributed by atoms with Crippen molar-refractivity contribution in [1.82, 2.24) is 10.3 Å². The van der Waals surface area contributed by atoms with Gasteiger partial charge in [-0.15, -0.1) is 11.3 Å². The summed E-state index contributed by atoms with van der Waals surface area (Å²) in [4.78, 5) is 15.3. The summed E-state index contributed by atoms with van der Waals surface area (Å²) in [6.45, 7) is 2.10. The van der Waals surface area contributed by atoms with E-state index in [2.05, 4.69) is 45.3 Å². The average Bonchev–Trinajstić information content (AvgIpc) is 3.13. The van der Waals surface area contributed by atoms with Crippen LogP contribution in [0, 0.1) is 0 Å². The first-order chi connectivity index (χ1) is 12.5. The van der Waals surface area contributed by atoms with Crippen LogP contribution in [-0.4, -0.2) is 17.1 Å². The van der Waals surface area contributed by atoms with Crippen molar-refractivity contribution in [2.75, 3.05) is 7.05 Å². The zero-order valence-corrected chi connectivity index (χ0v) is 16.7. The summed E-state index contributed by atoms with van der Waals surface area (Å²) in [6.07, 6.45) is 0. The number of halogens is 1. The highest BCUT2D eigenvalue weighted by Gasteiger charge is 2.18. The van der Waals surface area contributed by atoms with Crippen LogP contribution >= 0.6 is 27.3 Å². The molecular weight excluding hydrogens is 412 g/mol. The summed E-state index contributed by atoms with van der Waals surface area (Å²) < 4.78 is 1.33. The van der Waals surface area contributed by atoms with Crippen LogP contribution in [0.15, 0.2) is 51.0 Å². The van der Waals surface area contributed by atoms with E-state index in [4.69, 9.17) is 0 Å². The van der Waals surface area contributed by atoms with Crippen LogP contribution < -0.4 is 10.9 Å². The Morgan fingerprint density at radius 3 is 2.65 bits per heavy atom. The molecule has 4 rings (SSSR count). The van der Waals surface area contributed by atoms with Gasteiger partial charge < -0.3 is 15.4 Å². The fourth-order valence-corrected chi connectivity index (χ4v) is 4.59. The number of fused-ring (bicyclic) bond motifs is 3. The molecule has 2 aromatic carbocycles. The highest BCUT2D eigenvalue weighted by molar-refractivity contribution is 9.10. The molecule has 1 atom stereocenters. The Labute approximate surface area is 162 Å². The van der Waals surface area contributed by atoms with E-state index in [0.717, 1.165) is 21.9 Å². The van der Waals surface area contributed by atoms with Crippen molar-refractivity contribution in [1.29, 1.82) is 0 Å². The number of phenols is 1. The predicted molar refractivity (Wildman–Crippen MR) is 112 cm³/mol. The molecule has 0 aliphatic carbocycles. The number of pyridine rings is 1. The van der Waals surface area contributed by atoms with Gasteiger partial charge in [0.2, 0.25) is 0 Å². The number of aromatic hydroxyl groups is 1. The number of H-pyrrole nitrogens is 1. The topological polar surface area (TPSA) is 65.1 Å². The van der Waals surface area contributed by atoms with Crippen molar-refractivity contribution in [3.05, 3.63) is 62.2 Å². The molecule has 1 unspecified atom stereocenters. The van der Waals surface area contributed by atoms with Crippen LogP contribution in [0.4, 0.5) is 0 Å². The lowest BCUT2D eigenvalue weighted by Gasteiger charge is -2.14. The number of benzene rings is 2. The van der Waals surface area contributed by atoms with E-state index >= 15 is 0 Å². The molecule has 0 aliphatic rings. The molecule has 0 saturated carbocycles. The summed E-state index contributed by atoms with van der Waals surface area (Å²) in [5, 5.41) is 17.5. The van der Waals surface area contributed by atoms with Gasteiger partial charge in [-0.1, -0.05) is 24.3 Å². The van der Waals surface area contributed by atoms with Gasteiger partial charge in [0.1, 0.15) is 10.4 Å². The molecule has 2 aromatic heterocycles. The number of hydrogen-bond donors (Lipinski definition) is 3. The maximum absolute atomic E-state index is 12.4. The van der Waals surface area contributed by atoms with Crippen LogP contribution in [0.25, 0.3) is 32.1 Å². The molecule has 6 heteroatoms. The Balaban J connectivity index is 2.06. The van der Waals surface area contributed by atoms with Gasteiger partial charge in [-0.05, 0) is 58.5 Å². The van der Waals surface area contributed by atoms with Gasteiger partial charge in [-0.2, -0.15) is 0 Å². The summed E-state index contributed by atoms with van der Waals surface area (Å²) in [6, 6.07) is 11.9. The molecule has 3 N–H and O–H groups in total. The van der Waals surface area contributed by atoms with E-state index in [0.29, 0.717) is 14.7 Å². The lowest BCUT2D eigenvalue weighted by molar-refractivity contribution is 0.477. The minimum Gasteiger partial charge on any atom is -0.507 e. The van der Waals surface area contributed by atoms with Crippen molar-refractivity contribution in [2.24, 2.45) is 0 Å². The second-order valence-electron chi connectivity index (χ2n) is 6.25. The third-order valence-corrected chi connectivity index (χ3v) is 6.31. The quantitative estimate of drug-likeness (QED) is 0.422. The van der Waals surface area contributed by atoms with Gasteiger partial charge in [0.05, 0.1) is 5.52 Å². The van der Waals surface area contributed by atoms with Gasteiger partial charge in [-0.25, -0.2) is 0 Å². The van der Waals surface area contributed by atoms with Crippen LogP contribution in [-0.2, 0) is 0 Å². The molecule has 0 saturated heterocycles. The Bertz CT molecular complexity index is 1180. The van der Waals surface area contributed by atoms with E-state index in [-0.39, 0.29) is 17.4 Å². The summed E-state index contributed by atoms with van der Waals surface area (Å²) >= 11 is 4.87. The second-order valence-corrected chi connectivity index (χ2v) is 8.02. The number of hydrogen-bond acceptors (Lipinski definition) is 4. The number of rotatable bonds is 3. The molecule has 0 spiro atoms. The highest BCUT2D eigenvalue weighted by Crippen LogP contribution is 2.42. The van der Waals surface area contributed by atoms with Crippen molar-refractivity contribution < 1.29 is 5.11 Å². The van der Waals surface area contributed by atoms with E-state index in [1.54, 1.807) is 6.07 Å². The smallest absolute Gasteiger partial charge is 0.266 e. The third kappa shape index (κ3) is 2.65. The number of phenolic OH excluding ortho intramolecular Hbond substituents is 1. The van der Waals surface area contributed by atoms with Crippen molar-refractivity contribution in [3.63, 3.8) is 0 Å². The molecule has 4 nitrogen and oxygen atoms in total. The average molecular weight is 429 g/mol. The van der Waals surface area contributed by atoms with E-state index < -0.39 is 0 Å². The SMILES string of the molecule is CNC(C)c1ccc(-c2c(O)cc(Br)c3[nH]c(=O)c4sccc4c23)cc1. The Kier molecular flexibility index (Phi) is 4.34. The number of aromatic amines is 1. The van der Waals surface area contributed by atoms with Crippen LogP contribution in [0.1, 0.15) is 18.5 Å². The molecule has 0 amide bonds. The minimum absolute atomic E-state index is 0.113. The first-order valence-corrected chi connectivity index (χ1v) is 9.90. The molecule has 0 aliphatic heterocycles. The lowest BCUT2D eigenvalue weighted by atomic mass is 9.95. The summed E-state index contributed by atoms with van der Waals surface area (Å²) in [5.74, 6) is 0.179. The van der Waals surface area contributed by atoms with E-state index in [1.807, 2.05) is 30.6 Å². The lowest BCUT2D eigenvalue weighted by Crippen LogP contribution is -2.11. The van der Waals surface area contributed by atoms with Gasteiger partial charge in [0.15, 0.2) is 0 Å². The number of aromatic nitrogens is 1. The zero-order valence-electron chi connectivity index (χ0n) is 14.3. The van der Waals surface area contributed by atoms with E-state index in [9.17, 15) is 9.90 Å². The predicted octanol–water partition coefficient (Wildman–Crippen LogP) is 5.16. The minimum atomic E-state index is -0.113. The molecule has 0 fully saturated rings. The van der Waals surface area contributed by atoms with E-state index in [1.165, 1.54) is 16.9 Å². The summed E-state index contributed by atoms with van der Waals surface area (Å²) in [5.41, 5.74) is 3.39. The fraction of sp³-hybridized carbons (Fsp3) is 0.150. The van der Waals surface area contributed by atoms with Gasteiger partial charge in [0.25, 0.3) is 5.56 Å². The van der Waals surface area contributed by atoms with Crippen molar-refractivity contribution in [2.45, 2.75) is 13.0 Å². The molecule has 4 aromatic rings. The second kappa shape index (κ2) is 6.54. The van der Waals surface area contributed by atoms with Crippen LogP contribution in [0.3, 0.4) is 0 Å². The summed E-state index contributed by atoms with van der Waals surface area (Å²) in [7, 11) is 1.93. The zero-order chi connectivity index (χ0) is 18.4. The molecule has 0 radical (unpaired) electrons. The monoisotopic (exact) mass is 428 g/mol. The largest absolute Gasteiger partial charge is 0.507 e. The van der Waals surface area contributed by atoms with Crippen LogP contribution in [0.2, 0.25) is 0 Å². The molecular formula is C20H17BrN2O2S. The molecule has 26 heavy (non-hydrogen) atoms. The fourth-order valence-electron chi connectivity index (χ4n) is 3.28. The standard InChI is InChI=1S/C20H17BrN2O2S/c1-10(22-2)11-3-5-12(6-4-11)16-15(24)9-14(21)18-17(16)13-7-8-26-19(13)20(25)23-18/h3-10,22,24H,1-2H3,(H,23,25). The maximum Gasteiger partial charge on any atom is 0.266 e. The van der Waals surface area contributed by atoms with Crippen molar-refractivity contribution >= 4 is 48.3 Å². The Hall–Kier alpha value is -2.15. The Morgan fingerprint density at radius 1 is 1.23 bits per heavy atom. The molecule has 0 bridgehead atoms. The molecule has 132 valence electrons. The first-order valence-electron chi connectivity index (χ1n) is 8.23. The third-order valence-electron chi connectivity index (χ3n) is 4.77. The molecule has 2 heterocycles. The first kappa shape index (κ1) is 17.3. The normalized spacial score (nSPS) is 12.7. The maximum atomic E-state index is 12.4. The van der Waals surface area contributed by atoms with Crippen LogP contribution in [0.5, 0.6) is 5.75 Å². The van der Waals surface area contributed by atoms with Gasteiger partial charge >= 0.3 is 0 Å². The van der Waals surface area contributed by atoms with Gasteiger partial charge in [-0.3, -0.25) is 4.79 Å². The van der Waals surface area contributed by atoms with Gasteiger partial charge in [0, 0.05) is 26.9 Å².